The van der Waals surface area contributed by atoms with Gasteiger partial charge in [-0.2, -0.15) is 0 Å². The highest BCUT2D eigenvalue weighted by Crippen LogP contribution is 2.06. The number of rotatable bonds is 23. The summed E-state index contributed by atoms with van der Waals surface area (Å²) < 4.78 is 10.3. The average molecular weight is 502 g/mol. The molecule has 0 heterocycles. The van der Waals surface area contributed by atoms with Gasteiger partial charge in [-0.25, -0.2) is 0 Å². The van der Waals surface area contributed by atoms with Crippen LogP contribution in [0.1, 0.15) is 84.5 Å². The lowest BCUT2D eigenvalue weighted by Gasteiger charge is -2.21. The molecule has 0 aliphatic heterocycles. The fourth-order valence-electron chi connectivity index (χ4n) is 3.47. The van der Waals surface area contributed by atoms with E-state index in [1.807, 2.05) is 0 Å². The predicted octanol–water partition coefficient (Wildman–Crippen LogP) is 1.35. The number of amides is 3. The molecule has 0 fully saturated rings. The maximum atomic E-state index is 12.7. The summed E-state index contributed by atoms with van der Waals surface area (Å²) in [5.74, 6) is -0.726. The maximum absolute atomic E-state index is 12.7. The van der Waals surface area contributed by atoms with E-state index in [9.17, 15) is 14.4 Å². The number of nitrogens with two attached hydrogens (primary N) is 2. The number of hydrogen-bond acceptors (Lipinski definition) is 7. The zero-order chi connectivity index (χ0) is 26.3. The maximum Gasteiger partial charge on any atom is 0.242 e. The standard InChI is InChI=1S/C25H51N5O5/c1-4-6-8-12-20(26)23(31)28-15-11-10-14-22(25(33)29-16-17-35-19-18-34-3)30-24(32)21(27)13-9-7-5-2/h20-22H,4-19,26-27H2,1-3H3,(H,28,31)(H,29,33)(H,30,32). The van der Waals surface area contributed by atoms with Gasteiger partial charge in [0.1, 0.15) is 6.04 Å². The van der Waals surface area contributed by atoms with Crippen molar-refractivity contribution in [1.82, 2.24) is 16.0 Å². The Morgan fingerprint density at radius 2 is 1.26 bits per heavy atom. The van der Waals surface area contributed by atoms with Crippen molar-refractivity contribution in [3.8, 4) is 0 Å². The normalized spacial score (nSPS) is 13.6. The van der Waals surface area contributed by atoms with Crippen molar-refractivity contribution in [2.45, 2.75) is 103 Å². The molecule has 0 saturated carbocycles. The van der Waals surface area contributed by atoms with Crippen LogP contribution in [0.3, 0.4) is 0 Å². The summed E-state index contributed by atoms with van der Waals surface area (Å²) in [5.41, 5.74) is 12.0. The van der Waals surface area contributed by atoms with Crippen LogP contribution < -0.4 is 27.4 Å². The molecule has 0 spiro atoms. The van der Waals surface area contributed by atoms with Gasteiger partial charge in [0.2, 0.25) is 17.7 Å². The monoisotopic (exact) mass is 501 g/mol. The smallest absolute Gasteiger partial charge is 0.242 e. The third-order valence-corrected chi connectivity index (χ3v) is 5.74. The average Bonchev–Trinajstić information content (AvgIpc) is 2.84. The largest absolute Gasteiger partial charge is 0.382 e. The van der Waals surface area contributed by atoms with Crippen LogP contribution in [0.5, 0.6) is 0 Å². The first-order chi connectivity index (χ1) is 16.9. The predicted molar refractivity (Wildman–Crippen MR) is 139 cm³/mol. The van der Waals surface area contributed by atoms with E-state index >= 15 is 0 Å². The summed E-state index contributed by atoms with van der Waals surface area (Å²) in [7, 11) is 1.60. The fraction of sp³-hybridized carbons (Fsp3) is 0.880. The third kappa shape index (κ3) is 18.2. The number of ether oxygens (including phenoxy) is 2. The van der Waals surface area contributed by atoms with Crippen molar-refractivity contribution in [3.05, 3.63) is 0 Å². The van der Waals surface area contributed by atoms with Gasteiger partial charge in [-0.15, -0.1) is 0 Å². The van der Waals surface area contributed by atoms with E-state index in [4.69, 9.17) is 20.9 Å². The molecule has 35 heavy (non-hydrogen) atoms. The molecule has 0 aromatic rings. The molecule has 0 aromatic heterocycles. The second-order valence-electron chi connectivity index (χ2n) is 8.95. The molecule has 3 unspecified atom stereocenters. The lowest BCUT2D eigenvalue weighted by molar-refractivity contribution is -0.130. The quantitative estimate of drug-likeness (QED) is 0.132. The van der Waals surface area contributed by atoms with Crippen LogP contribution in [-0.4, -0.2) is 75.9 Å². The molecule has 0 radical (unpaired) electrons. The Morgan fingerprint density at radius 1 is 0.686 bits per heavy atom. The Kier molecular flexibility index (Phi) is 21.6. The van der Waals surface area contributed by atoms with Gasteiger partial charge < -0.3 is 36.9 Å². The van der Waals surface area contributed by atoms with Crippen molar-refractivity contribution in [2.75, 3.05) is 40.0 Å². The SMILES string of the molecule is CCCCCC(N)C(=O)NCCCCC(NC(=O)C(N)CCCCC)C(=O)NCCOCCOC. The summed E-state index contributed by atoms with van der Waals surface area (Å²) in [6.07, 6.45) is 9.08. The Labute approximate surface area is 212 Å². The molecular weight excluding hydrogens is 450 g/mol. The zero-order valence-electron chi connectivity index (χ0n) is 22.2. The van der Waals surface area contributed by atoms with Gasteiger partial charge in [0.25, 0.3) is 0 Å². The summed E-state index contributed by atoms with van der Waals surface area (Å²) >= 11 is 0. The van der Waals surface area contributed by atoms with Crippen LogP contribution in [0, 0.1) is 0 Å². The molecule has 3 atom stereocenters. The van der Waals surface area contributed by atoms with Crippen LogP contribution in [0.15, 0.2) is 0 Å². The van der Waals surface area contributed by atoms with Gasteiger partial charge in [0.05, 0.1) is 31.9 Å². The minimum Gasteiger partial charge on any atom is -0.382 e. The Morgan fingerprint density at radius 3 is 1.86 bits per heavy atom. The fourth-order valence-corrected chi connectivity index (χ4v) is 3.47. The van der Waals surface area contributed by atoms with E-state index in [0.717, 1.165) is 38.5 Å². The van der Waals surface area contributed by atoms with Gasteiger partial charge >= 0.3 is 0 Å². The van der Waals surface area contributed by atoms with Crippen molar-refractivity contribution >= 4 is 17.7 Å². The Hall–Kier alpha value is -1.75. The van der Waals surface area contributed by atoms with Crippen molar-refractivity contribution in [3.63, 3.8) is 0 Å². The van der Waals surface area contributed by atoms with Crippen LogP contribution in [0.2, 0.25) is 0 Å². The van der Waals surface area contributed by atoms with E-state index in [2.05, 4.69) is 29.8 Å². The molecule has 0 rings (SSSR count). The second kappa shape index (κ2) is 22.7. The van der Waals surface area contributed by atoms with E-state index < -0.39 is 18.1 Å². The van der Waals surface area contributed by atoms with Crippen molar-refractivity contribution in [2.24, 2.45) is 11.5 Å². The van der Waals surface area contributed by atoms with Gasteiger partial charge in [0, 0.05) is 20.2 Å². The summed E-state index contributed by atoms with van der Waals surface area (Å²) in [6, 6.07) is -1.81. The summed E-state index contributed by atoms with van der Waals surface area (Å²) in [5, 5.41) is 8.48. The molecule has 0 bridgehead atoms. The molecule has 0 aliphatic rings. The number of nitrogens with one attached hydrogen (secondary N) is 3. The van der Waals surface area contributed by atoms with Gasteiger partial charge in [-0.1, -0.05) is 52.4 Å². The number of carbonyl (C=O) groups is 3. The molecule has 10 heteroatoms. The van der Waals surface area contributed by atoms with E-state index in [1.54, 1.807) is 7.11 Å². The molecule has 206 valence electrons. The third-order valence-electron chi connectivity index (χ3n) is 5.74. The van der Waals surface area contributed by atoms with E-state index in [1.165, 1.54) is 0 Å². The highest BCUT2D eigenvalue weighted by Gasteiger charge is 2.23. The zero-order valence-corrected chi connectivity index (χ0v) is 22.2. The highest BCUT2D eigenvalue weighted by molar-refractivity contribution is 5.89. The molecule has 10 nitrogen and oxygen atoms in total. The number of hydrogen-bond donors (Lipinski definition) is 5. The molecule has 0 saturated heterocycles. The summed E-state index contributed by atoms with van der Waals surface area (Å²) in [4.78, 5) is 37.3. The van der Waals surface area contributed by atoms with E-state index in [0.29, 0.717) is 65.0 Å². The molecule has 7 N–H and O–H groups in total. The lowest BCUT2D eigenvalue weighted by atomic mass is 10.1. The van der Waals surface area contributed by atoms with Crippen molar-refractivity contribution < 1.29 is 23.9 Å². The number of unbranched alkanes of at least 4 members (excludes halogenated alkanes) is 5. The first-order valence-electron chi connectivity index (χ1n) is 13.3. The first-order valence-corrected chi connectivity index (χ1v) is 13.3. The number of methoxy groups -OCH3 is 1. The van der Waals surface area contributed by atoms with E-state index in [-0.39, 0.29) is 17.7 Å². The van der Waals surface area contributed by atoms with Crippen LogP contribution in [0.4, 0.5) is 0 Å². The minimum absolute atomic E-state index is 0.143. The molecule has 0 aliphatic carbocycles. The molecule has 0 aromatic carbocycles. The highest BCUT2D eigenvalue weighted by atomic mass is 16.5. The van der Waals surface area contributed by atoms with Gasteiger partial charge in [-0.3, -0.25) is 14.4 Å². The molecule has 3 amide bonds. The van der Waals surface area contributed by atoms with Gasteiger partial charge in [0.15, 0.2) is 0 Å². The topological polar surface area (TPSA) is 158 Å². The van der Waals surface area contributed by atoms with Crippen molar-refractivity contribution in [1.29, 1.82) is 0 Å². The molecular formula is C25H51N5O5. The number of carbonyl (C=O) groups excluding carboxylic acids is 3. The Balaban J connectivity index is 4.54. The summed E-state index contributed by atoms with van der Waals surface area (Å²) in [6.45, 7) is 6.31. The van der Waals surface area contributed by atoms with Crippen LogP contribution in [0.25, 0.3) is 0 Å². The Bertz CT molecular complexity index is 564. The van der Waals surface area contributed by atoms with Crippen LogP contribution >= 0.6 is 0 Å². The lowest BCUT2D eigenvalue weighted by Crippen LogP contribution is -2.52. The first kappa shape index (κ1) is 33.2. The second-order valence-corrected chi connectivity index (χ2v) is 8.95. The minimum atomic E-state index is -0.689. The van der Waals surface area contributed by atoms with Crippen LogP contribution in [-0.2, 0) is 23.9 Å². The van der Waals surface area contributed by atoms with Gasteiger partial charge in [-0.05, 0) is 32.1 Å².